The summed E-state index contributed by atoms with van der Waals surface area (Å²) in [4.78, 5) is 15.7. The molecule has 1 aliphatic heterocycles. The summed E-state index contributed by atoms with van der Waals surface area (Å²) in [5.74, 6) is 0.942. The number of nitrogens with zero attached hydrogens (tertiary/aromatic N) is 2. The lowest BCUT2D eigenvalue weighted by molar-refractivity contribution is 0.0962. The third kappa shape index (κ3) is 6.03. The quantitative estimate of drug-likeness (QED) is 0.361. The number of phenolic OH excluding ortho intramolecular Hbond substituents is 1. The van der Waals surface area contributed by atoms with Gasteiger partial charge in [-0.1, -0.05) is 85.2 Å². The van der Waals surface area contributed by atoms with Gasteiger partial charge in [-0.2, -0.15) is 4.02 Å². The molecule has 5 nitrogen and oxygen atoms in total. The molecule has 196 valence electrons. The van der Waals surface area contributed by atoms with Crippen LogP contribution in [0, 0.1) is 11.8 Å². The number of Topliss-reactive ketones (excluding diaryl/α,β-unsaturated/α-hetero) is 1. The summed E-state index contributed by atoms with van der Waals surface area (Å²) in [6.07, 6.45) is 1.22. The van der Waals surface area contributed by atoms with Crippen LogP contribution in [0.15, 0.2) is 46.5 Å². The summed E-state index contributed by atoms with van der Waals surface area (Å²) in [7, 11) is 0. The highest BCUT2D eigenvalue weighted by Crippen LogP contribution is 2.41. The Morgan fingerprint density at radius 1 is 1.08 bits per heavy atom. The molecule has 0 bridgehead atoms. The molecule has 1 fully saturated rings. The molecule has 0 spiro atoms. The van der Waals surface area contributed by atoms with Gasteiger partial charge in [0.25, 0.3) is 0 Å². The number of phenols is 1. The minimum absolute atomic E-state index is 0.0234. The van der Waals surface area contributed by atoms with Crippen LogP contribution in [-0.2, 0) is 10.8 Å². The number of amidine groups is 1. The van der Waals surface area contributed by atoms with Gasteiger partial charge in [0.05, 0.1) is 34.7 Å². The average molecular weight is 558 g/mol. The fourth-order valence-corrected chi connectivity index (χ4v) is 5.73. The number of aromatic hydroxyl groups is 1. The molecule has 1 heterocycles. The Labute approximate surface area is 225 Å². The number of aliphatic hydroxyl groups excluding tert-OH is 1. The van der Waals surface area contributed by atoms with E-state index in [1.807, 2.05) is 88.9 Å². The molecule has 0 amide bonds. The minimum Gasteiger partial charge on any atom is -0.507 e. The second-order valence-corrected chi connectivity index (χ2v) is 12.5. The zero-order chi connectivity index (χ0) is 26.8. The number of halogens is 1. The summed E-state index contributed by atoms with van der Waals surface area (Å²) >= 11 is 3.30. The Kier molecular flexibility index (Phi) is 8.72. The monoisotopic (exact) mass is 556 g/mol. The van der Waals surface area contributed by atoms with E-state index < -0.39 is 6.10 Å². The van der Waals surface area contributed by atoms with Crippen molar-refractivity contribution in [1.29, 1.82) is 0 Å². The molecular formula is C30H41BrN2O3. The summed E-state index contributed by atoms with van der Waals surface area (Å²) in [6, 6.07) is 13.4. The van der Waals surface area contributed by atoms with Gasteiger partial charge >= 0.3 is 0 Å². The molecule has 1 saturated heterocycles. The van der Waals surface area contributed by atoms with Crippen molar-refractivity contribution in [2.75, 3.05) is 13.1 Å². The van der Waals surface area contributed by atoms with Crippen molar-refractivity contribution in [2.24, 2.45) is 15.9 Å². The first-order chi connectivity index (χ1) is 16.8. The molecule has 2 aromatic rings. The van der Waals surface area contributed by atoms with Gasteiger partial charge in [0.1, 0.15) is 11.6 Å². The number of carbonyl (C=O) groups is 1. The van der Waals surface area contributed by atoms with E-state index in [4.69, 9.17) is 0 Å². The zero-order valence-electron chi connectivity index (χ0n) is 22.7. The lowest BCUT2D eigenvalue weighted by Crippen LogP contribution is -2.34. The summed E-state index contributed by atoms with van der Waals surface area (Å²) in [6.45, 7) is 15.2. The first-order valence-electron chi connectivity index (χ1n) is 12.9. The number of carbonyl (C=O) groups excluding carboxylic acids is 1. The predicted molar refractivity (Wildman–Crippen MR) is 151 cm³/mol. The van der Waals surface area contributed by atoms with Gasteiger partial charge < -0.3 is 15.1 Å². The van der Waals surface area contributed by atoms with Crippen LogP contribution in [-0.4, -0.2) is 39.8 Å². The fourth-order valence-electron chi connectivity index (χ4n) is 5.27. The van der Waals surface area contributed by atoms with E-state index in [1.54, 1.807) is 0 Å². The van der Waals surface area contributed by atoms with E-state index in [1.165, 1.54) is 0 Å². The average Bonchev–Trinajstić information content (AvgIpc) is 3.14. The van der Waals surface area contributed by atoms with Crippen LogP contribution in [0.4, 0.5) is 0 Å². The molecule has 0 saturated carbocycles. The number of hydrogen-bond acceptors (Lipinski definition) is 4. The highest BCUT2D eigenvalue weighted by molar-refractivity contribution is 9.08. The third-order valence-electron chi connectivity index (χ3n) is 7.19. The van der Waals surface area contributed by atoms with E-state index >= 15 is 0 Å². The van der Waals surface area contributed by atoms with E-state index in [-0.39, 0.29) is 40.7 Å². The Morgan fingerprint density at radius 3 is 2.11 bits per heavy atom. The van der Waals surface area contributed by atoms with Crippen LogP contribution in [0.3, 0.4) is 0 Å². The molecule has 3 rings (SSSR count). The molecule has 6 heteroatoms. The van der Waals surface area contributed by atoms with E-state index in [2.05, 4.69) is 27.1 Å². The Hall–Kier alpha value is -2.18. The van der Waals surface area contributed by atoms with Crippen molar-refractivity contribution in [3.8, 4) is 5.75 Å². The van der Waals surface area contributed by atoms with Gasteiger partial charge in [0, 0.05) is 23.2 Å². The number of benzene rings is 2. The number of likely N-dealkylation sites (tertiary alicyclic amines) is 1. The van der Waals surface area contributed by atoms with Gasteiger partial charge in [-0.05, 0) is 40.9 Å². The number of hydrogen-bond donors (Lipinski definition) is 2. The molecule has 36 heavy (non-hydrogen) atoms. The summed E-state index contributed by atoms with van der Waals surface area (Å²) < 4.78 is 4.41. The van der Waals surface area contributed by atoms with Gasteiger partial charge in [-0.25, -0.2) is 0 Å². The Balaban J connectivity index is 1.96. The molecule has 0 aromatic heterocycles. The molecule has 3 atom stereocenters. The lowest BCUT2D eigenvalue weighted by Gasteiger charge is -2.28. The van der Waals surface area contributed by atoms with Crippen LogP contribution in [0.5, 0.6) is 5.75 Å². The maximum Gasteiger partial charge on any atom is 0.182 e. The van der Waals surface area contributed by atoms with Gasteiger partial charge in [-0.15, -0.1) is 0 Å². The van der Waals surface area contributed by atoms with E-state index in [0.29, 0.717) is 17.9 Å². The van der Waals surface area contributed by atoms with Crippen LogP contribution in [0.1, 0.15) is 94.5 Å². The maximum absolute atomic E-state index is 13.7. The normalized spacial score (nSPS) is 20.7. The molecule has 0 radical (unpaired) electrons. The highest BCUT2D eigenvalue weighted by atomic mass is 79.9. The van der Waals surface area contributed by atoms with Crippen molar-refractivity contribution in [2.45, 2.75) is 78.2 Å². The third-order valence-corrected chi connectivity index (χ3v) is 7.56. The molecular weight excluding hydrogens is 516 g/mol. The first kappa shape index (κ1) is 28.4. The van der Waals surface area contributed by atoms with E-state index in [9.17, 15) is 15.0 Å². The fraction of sp³-hybridized carbons (Fsp3) is 0.533. The highest BCUT2D eigenvalue weighted by Gasteiger charge is 2.43. The van der Waals surface area contributed by atoms with Crippen LogP contribution < -0.4 is 0 Å². The van der Waals surface area contributed by atoms with Crippen LogP contribution >= 0.6 is 16.1 Å². The molecule has 1 aliphatic rings. The number of aliphatic hydroxyl groups is 1. The first-order valence-corrected chi connectivity index (χ1v) is 13.6. The Morgan fingerprint density at radius 2 is 1.64 bits per heavy atom. The smallest absolute Gasteiger partial charge is 0.182 e. The largest absolute Gasteiger partial charge is 0.507 e. The van der Waals surface area contributed by atoms with Crippen LogP contribution in [0.2, 0.25) is 0 Å². The van der Waals surface area contributed by atoms with Crippen LogP contribution in [0.25, 0.3) is 0 Å². The molecule has 2 aromatic carbocycles. The molecule has 0 aliphatic carbocycles. The second-order valence-electron chi connectivity index (χ2n) is 12.1. The number of rotatable bonds is 7. The summed E-state index contributed by atoms with van der Waals surface area (Å²) in [5.41, 5.74) is 2.37. The van der Waals surface area contributed by atoms with Gasteiger partial charge in [0.15, 0.2) is 5.78 Å². The zero-order valence-corrected chi connectivity index (χ0v) is 24.3. The van der Waals surface area contributed by atoms with Crippen molar-refractivity contribution in [1.82, 2.24) is 4.90 Å². The van der Waals surface area contributed by atoms with Crippen molar-refractivity contribution < 1.29 is 15.0 Å². The summed E-state index contributed by atoms with van der Waals surface area (Å²) in [5, 5.41) is 22.4. The van der Waals surface area contributed by atoms with E-state index in [0.717, 1.165) is 29.5 Å². The Bertz CT molecular complexity index is 1060. The minimum atomic E-state index is -0.701. The van der Waals surface area contributed by atoms with Crippen molar-refractivity contribution in [3.63, 3.8) is 0 Å². The maximum atomic E-state index is 13.7. The van der Waals surface area contributed by atoms with Gasteiger partial charge in [-0.3, -0.25) is 4.79 Å². The standard InChI is InChI=1S/C30H41BrN2O3/c1-8-12-20-17-33(28(32-31)25(20)26(35)19-13-10-9-11-14-19)18-24(34)21-15-22(29(2,3)4)27(36)23(16-21)30(5,6)7/h9-11,13-16,20,25-26,35-36H,8,12,17-18H2,1-7H3/b32-28-/t20-,25+,26+/m1/s1. The topological polar surface area (TPSA) is 73.1 Å². The SMILES string of the molecule is CCC[C@@H]1CN(CC(=O)c2cc(C(C)(C)C)c(O)c(C(C)(C)C)c2)/C(=N\Br)[C@@H]1[C@@H](O)c1ccccc1. The lowest BCUT2D eigenvalue weighted by atomic mass is 9.78. The van der Waals surface area contributed by atoms with Crippen molar-refractivity contribution in [3.05, 3.63) is 64.7 Å². The number of ketones is 1. The molecule has 0 unspecified atom stereocenters. The van der Waals surface area contributed by atoms with Crippen molar-refractivity contribution >= 4 is 27.8 Å². The second kappa shape index (κ2) is 11.1. The predicted octanol–water partition coefficient (Wildman–Crippen LogP) is 6.96. The van der Waals surface area contributed by atoms with Gasteiger partial charge in [0.2, 0.25) is 0 Å². The molecule has 2 N–H and O–H groups in total.